The normalized spacial score (nSPS) is 15.2. The Morgan fingerprint density at radius 3 is 1.88 bits per heavy atom. The number of hydrogen-bond acceptors (Lipinski definition) is 5. The number of aromatic nitrogens is 5. The van der Waals surface area contributed by atoms with Crippen molar-refractivity contribution in [1.29, 1.82) is 0 Å². The summed E-state index contributed by atoms with van der Waals surface area (Å²) in [5, 5.41) is 10.9. The first-order chi connectivity index (χ1) is 24.9. The number of benzene rings is 4. The molecule has 0 spiro atoms. The van der Waals surface area contributed by atoms with Gasteiger partial charge < -0.3 is 0 Å². The highest BCUT2D eigenvalue weighted by molar-refractivity contribution is 6.26. The molecule has 7 nitrogen and oxygen atoms in total. The van der Waals surface area contributed by atoms with Gasteiger partial charge >= 0.3 is 0 Å². The Morgan fingerprint density at radius 2 is 1.24 bits per heavy atom. The number of carbonyl (C=O) groups excluding carboxylic acids is 2. The van der Waals surface area contributed by atoms with Gasteiger partial charge in [-0.3, -0.25) is 14.6 Å². The van der Waals surface area contributed by atoms with Crippen LogP contribution in [0.3, 0.4) is 0 Å². The van der Waals surface area contributed by atoms with Crippen molar-refractivity contribution in [1.82, 2.24) is 24.5 Å². The van der Waals surface area contributed by atoms with Crippen LogP contribution in [0.25, 0.3) is 44.8 Å². The number of pyridine rings is 1. The van der Waals surface area contributed by atoms with E-state index in [1.54, 1.807) is 42.9 Å². The molecule has 0 amide bonds. The predicted octanol–water partition coefficient (Wildman–Crippen LogP) is 8.62. The average Bonchev–Trinajstić information content (AvgIpc) is 3.65. The van der Waals surface area contributed by atoms with E-state index in [4.69, 9.17) is 0 Å². The van der Waals surface area contributed by atoms with E-state index in [0.717, 1.165) is 81.2 Å². The van der Waals surface area contributed by atoms with Crippen LogP contribution in [-0.4, -0.2) is 36.1 Å². The second-order valence-electron chi connectivity index (χ2n) is 13.0. The summed E-state index contributed by atoms with van der Waals surface area (Å²) < 4.78 is 30.0. The van der Waals surface area contributed by atoms with E-state index in [9.17, 15) is 18.4 Å². The lowest BCUT2D eigenvalue weighted by Crippen LogP contribution is -2.01. The van der Waals surface area contributed by atoms with Crippen LogP contribution in [0.15, 0.2) is 110 Å². The Bertz CT molecular complexity index is 2450. The minimum absolute atomic E-state index is 0.139. The fourth-order valence-corrected chi connectivity index (χ4v) is 6.98. The number of carbonyl (C=O) groups is 2. The zero-order valence-electron chi connectivity index (χ0n) is 27.7. The van der Waals surface area contributed by atoms with Gasteiger partial charge in [-0.15, -0.1) is 0 Å². The molecule has 2 aliphatic carbocycles. The van der Waals surface area contributed by atoms with Crippen LogP contribution in [0.1, 0.15) is 53.6 Å². The molecule has 252 valence electrons. The summed E-state index contributed by atoms with van der Waals surface area (Å²) in [5.74, 6) is -0.0850. The maximum Gasteiger partial charge on any atom is 0.163 e. The molecule has 0 bridgehead atoms. The van der Waals surface area contributed by atoms with Crippen molar-refractivity contribution in [3.05, 3.63) is 149 Å². The van der Waals surface area contributed by atoms with Crippen molar-refractivity contribution in [2.75, 3.05) is 0 Å². The quantitative estimate of drug-likeness (QED) is 0.138. The Morgan fingerprint density at radius 1 is 0.627 bits per heavy atom. The molecular formula is C42H33F2N5O2. The van der Waals surface area contributed by atoms with Crippen LogP contribution in [0.5, 0.6) is 0 Å². The van der Waals surface area contributed by atoms with Crippen LogP contribution in [-0.2, 0) is 28.9 Å². The Labute approximate surface area is 292 Å². The molecule has 0 aliphatic heterocycles. The summed E-state index contributed by atoms with van der Waals surface area (Å²) in [4.78, 5) is 29.0. The van der Waals surface area contributed by atoms with Crippen molar-refractivity contribution in [3.8, 4) is 11.4 Å². The Hall–Kier alpha value is -6.09. The van der Waals surface area contributed by atoms with Crippen molar-refractivity contribution in [2.24, 2.45) is 0 Å². The molecule has 0 saturated heterocycles. The van der Waals surface area contributed by atoms with Crippen molar-refractivity contribution < 1.29 is 18.4 Å². The number of rotatable bonds is 3. The summed E-state index contributed by atoms with van der Waals surface area (Å²) in [5.41, 5.74) is 9.46. The third-order valence-corrected chi connectivity index (χ3v) is 9.53. The smallest absolute Gasteiger partial charge is 0.163 e. The third-order valence-electron chi connectivity index (χ3n) is 9.53. The maximum atomic E-state index is 13.3. The molecule has 0 saturated carbocycles. The lowest BCUT2D eigenvalue weighted by molar-refractivity contribution is -0.118. The number of aryl methyl sites for hydroxylation is 2. The number of hydrogen-bond donors (Lipinski definition) is 0. The first kappa shape index (κ1) is 32.1. The van der Waals surface area contributed by atoms with Gasteiger partial charge in [0.05, 0.1) is 40.5 Å². The molecule has 9 heteroatoms. The van der Waals surface area contributed by atoms with Gasteiger partial charge in [0.25, 0.3) is 0 Å². The van der Waals surface area contributed by atoms with E-state index >= 15 is 0 Å². The minimum Gasteiger partial charge on any atom is -0.299 e. The highest BCUT2D eigenvalue weighted by atomic mass is 19.1. The predicted molar refractivity (Wildman–Crippen MR) is 194 cm³/mol. The second kappa shape index (κ2) is 13.7. The van der Waals surface area contributed by atoms with Gasteiger partial charge in [-0.1, -0.05) is 6.07 Å². The van der Waals surface area contributed by atoms with E-state index in [0.29, 0.717) is 30.6 Å². The number of Topliss-reactive ketones (excluding diaryl/α,β-unsaturated/α-hetero) is 2. The molecule has 0 unspecified atom stereocenters. The molecular weight excluding hydrogens is 644 g/mol. The van der Waals surface area contributed by atoms with E-state index in [1.165, 1.54) is 29.8 Å². The van der Waals surface area contributed by atoms with Gasteiger partial charge in [-0.2, -0.15) is 10.2 Å². The molecule has 3 heterocycles. The van der Waals surface area contributed by atoms with Gasteiger partial charge in [0.15, 0.2) is 5.78 Å². The van der Waals surface area contributed by atoms with Gasteiger partial charge in [0.1, 0.15) is 17.4 Å². The van der Waals surface area contributed by atoms with Crippen molar-refractivity contribution in [3.63, 3.8) is 0 Å². The third kappa shape index (κ3) is 6.62. The largest absolute Gasteiger partial charge is 0.299 e. The van der Waals surface area contributed by atoms with E-state index in [-0.39, 0.29) is 17.4 Å². The van der Waals surface area contributed by atoms with Crippen LogP contribution in [0.2, 0.25) is 0 Å². The summed E-state index contributed by atoms with van der Waals surface area (Å²) in [6.07, 6.45) is 12.4. The van der Waals surface area contributed by atoms with Crippen molar-refractivity contribution >= 4 is 45.0 Å². The Kier molecular flexibility index (Phi) is 8.61. The molecule has 9 rings (SSSR count). The Balaban J connectivity index is 0.000000152. The second-order valence-corrected chi connectivity index (χ2v) is 13.0. The molecule has 2 aliphatic rings. The van der Waals surface area contributed by atoms with Crippen molar-refractivity contribution in [2.45, 2.75) is 44.9 Å². The number of fused-ring (bicyclic) bond motifs is 4. The summed E-state index contributed by atoms with van der Waals surface area (Å²) in [7, 11) is 0. The lowest BCUT2D eigenvalue weighted by atomic mass is 9.95. The summed E-state index contributed by atoms with van der Waals surface area (Å²) in [6, 6.07) is 26.6. The first-order valence-electron chi connectivity index (χ1n) is 17.1. The van der Waals surface area contributed by atoms with E-state index < -0.39 is 0 Å². The summed E-state index contributed by atoms with van der Waals surface area (Å²) in [6.45, 7) is 0. The van der Waals surface area contributed by atoms with Crippen LogP contribution < -0.4 is 0 Å². The SMILES string of the molecule is O=C1CCCc2cc3c(cnn3-c3ccc(F)cc3)cc2/C1=C\c1ccccn1.O=C1CCCc2cc3c(cnn3-c3ccc(F)cc3)cc2C1. The lowest BCUT2D eigenvalue weighted by Gasteiger charge is -2.10. The summed E-state index contributed by atoms with van der Waals surface area (Å²) >= 11 is 0. The molecule has 0 N–H and O–H groups in total. The monoisotopic (exact) mass is 677 g/mol. The highest BCUT2D eigenvalue weighted by Crippen LogP contribution is 2.33. The molecule has 3 aromatic heterocycles. The zero-order chi connectivity index (χ0) is 34.9. The van der Waals surface area contributed by atoms with Gasteiger partial charge in [0, 0.05) is 41.8 Å². The first-order valence-corrected chi connectivity index (χ1v) is 17.1. The topological polar surface area (TPSA) is 82.7 Å². The van der Waals surface area contributed by atoms with Gasteiger partial charge in [-0.25, -0.2) is 18.1 Å². The number of halogens is 2. The molecule has 0 atom stereocenters. The standard InChI is InChI=1S/C24H18FN3O.C18H15FN2O/c25-18-7-9-20(10-8-18)28-23-13-16-4-3-6-24(29)22(14-19-5-1-2-11-26-19)21(16)12-17(23)15-27-28;19-15-4-6-16(7-5-15)21-18-10-12-2-1-3-17(22)9-13(12)8-14(18)11-20-21/h1-2,5,7-15H,3-4,6H2;4-8,10-11H,1-3,9H2/b22-14+;. The molecule has 4 aromatic carbocycles. The number of nitrogens with zero attached hydrogens (tertiary/aromatic N) is 5. The van der Waals surface area contributed by atoms with Gasteiger partial charge in [0.2, 0.25) is 0 Å². The average molecular weight is 678 g/mol. The highest BCUT2D eigenvalue weighted by Gasteiger charge is 2.22. The zero-order valence-corrected chi connectivity index (χ0v) is 27.7. The van der Waals surface area contributed by atoms with E-state index in [1.807, 2.05) is 39.7 Å². The molecule has 0 radical (unpaired) electrons. The minimum atomic E-state index is -0.276. The fourth-order valence-electron chi connectivity index (χ4n) is 6.98. The number of allylic oxidation sites excluding steroid dienone is 1. The number of ketones is 2. The maximum absolute atomic E-state index is 13.3. The van der Waals surface area contributed by atoms with Crippen LogP contribution in [0.4, 0.5) is 8.78 Å². The molecule has 7 aromatic rings. The van der Waals surface area contributed by atoms with E-state index in [2.05, 4.69) is 33.4 Å². The van der Waals surface area contributed by atoms with Crippen LogP contribution >= 0.6 is 0 Å². The van der Waals surface area contributed by atoms with Crippen LogP contribution in [0, 0.1) is 11.6 Å². The van der Waals surface area contributed by atoms with Gasteiger partial charge in [-0.05, 0) is 139 Å². The fraction of sp³-hybridized carbons (Fsp3) is 0.167. The molecule has 51 heavy (non-hydrogen) atoms. The molecule has 0 fully saturated rings.